The van der Waals surface area contributed by atoms with Crippen LogP contribution in [-0.4, -0.2) is 15.8 Å². The molecule has 120 valence electrons. The van der Waals surface area contributed by atoms with E-state index in [1.807, 2.05) is 0 Å². The Morgan fingerprint density at radius 2 is 2.17 bits per heavy atom. The van der Waals surface area contributed by atoms with E-state index in [2.05, 4.69) is 17.2 Å². The van der Waals surface area contributed by atoms with E-state index in [0.717, 1.165) is 30.5 Å². The smallest absolute Gasteiger partial charge is 0.269 e. The molecule has 1 aliphatic rings. The number of non-ortho nitro benzene ring substituents is 1. The molecular formula is C16H17N3O3S. The number of fused-ring (bicyclic) bond motifs is 1. The first kappa shape index (κ1) is 15.6. The lowest BCUT2D eigenvalue weighted by atomic mass is 9.93. The molecule has 0 spiro atoms. The van der Waals surface area contributed by atoms with Gasteiger partial charge in [-0.25, -0.2) is 4.98 Å². The van der Waals surface area contributed by atoms with Crippen molar-refractivity contribution in [2.45, 2.75) is 32.6 Å². The maximum Gasteiger partial charge on any atom is 0.269 e. The molecule has 0 bridgehead atoms. The largest absolute Gasteiger partial charge is 0.302 e. The molecule has 7 heteroatoms. The van der Waals surface area contributed by atoms with Crippen molar-refractivity contribution in [3.05, 3.63) is 50.5 Å². The Labute approximate surface area is 137 Å². The molecule has 1 aromatic heterocycles. The number of nitrogens with zero attached hydrogens (tertiary/aromatic N) is 2. The second kappa shape index (κ2) is 6.45. The Morgan fingerprint density at radius 1 is 1.43 bits per heavy atom. The Bertz CT molecular complexity index is 740. The van der Waals surface area contributed by atoms with Crippen LogP contribution in [0.3, 0.4) is 0 Å². The first-order valence-corrected chi connectivity index (χ1v) is 8.34. The minimum atomic E-state index is -0.453. The first-order chi connectivity index (χ1) is 11.0. The summed E-state index contributed by atoms with van der Waals surface area (Å²) in [7, 11) is 0. The Balaban J connectivity index is 1.62. The molecule has 0 aliphatic heterocycles. The first-order valence-electron chi connectivity index (χ1n) is 7.53. The predicted octanol–water partition coefficient (Wildman–Crippen LogP) is 3.36. The summed E-state index contributed by atoms with van der Waals surface area (Å²) < 4.78 is 0. The lowest BCUT2D eigenvalue weighted by Gasteiger charge is -2.15. The highest BCUT2D eigenvalue weighted by Crippen LogP contribution is 2.32. The minimum absolute atomic E-state index is 0.0240. The number of benzene rings is 1. The molecule has 0 fully saturated rings. The highest BCUT2D eigenvalue weighted by Gasteiger charge is 2.20. The van der Waals surface area contributed by atoms with Crippen LogP contribution in [0.4, 0.5) is 10.8 Å². The number of nitro groups is 1. The highest BCUT2D eigenvalue weighted by atomic mass is 32.1. The average molecular weight is 331 g/mol. The van der Waals surface area contributed by atoms with Crippen LogP contribution in [0.2, 0.25) is 0 Å². The van der Waals surface area contributed by atoms with Gasteiger partial charge in [0.2, 0.25) is 5.91 Å². The summed E-state index contributed by atoms with van der Waals surface area (Å²) in [5, 5.41) is 14.1. The number of thiazole rings is 1. The molecule has 23 heavy (non-hydrogen) atoms. The van der Waals surface area contributed by atoms with Gasteiger partial charge in [-0.2, -0.15) is 0 Å². The fraction of sp³-hybridized carbons (Fsp3) is 0.375. The molecule has 1 aliphatic carbocycles. The molecule has 1 heterocycles. The number of hydrogen-bond acceptors (Lipinski definition) is 5. The third kappa shape index (κ3) is 3.73. The van der Waals surface area contributed by atoms with Gasteiger partial charge in [-0.1, -0.05) is 19.1 Å². The van der Waals surface area contributed by atoms with Crippen molar-refractivity contribution in [2.75, 3.05) is 5.32 Å². The van der Waals surface area contributed by atoms with Gasteiger partial charge in [-0.15, -0.1) is 11.3 Å². The quantitative estimate of drug-likeness (QED) is 0.687. The minimum Gasteiger partial charge on any atom is -0.302 e. The summed E-state index contributed by atoms with van der Waals surface area (Å²) in [6.45, 7) is 2.23. The zero-order chi connectivity index (χ0) is 16.4. The van der Waals surface area contributed by atoms with Gasteiger partial charge >= 0.3 is 0 Å². The standard InChI is InChI=1S/C16H17N3O3S/c1-10-2-7-13-14(8-10)23-16(17-13)18-15(20)9-11-3-5-12(6-4-11)19(21)22/h3-6,10H,2,7-9H2,1H3,(H,17,18,20). The number of nitrogens with one attached hydrogen (secondary N) is 1. The van der Waals surface area contributed by atoms with Crippen LogP contribution in [0.15, 0.2) is 24.3 Å². The van der Waals surface area contributed by atoms with E-state index in [1.165, 1.54) is 17.0 Å². The summed E-state index contributed by atoms with van der Waals surface area (Å²) in [6.07, 6.45) is 3.34. The maximum absolute atomic E-state index is 12.1. The van der Waals surface area contributed by atoms with Crippen LogP contribution in [0, 0.1) is 16.0 Å². The Kier molecular flexibility index (Phi) is 4.38. The summed E-state index contributed by atoms with van der Waals surface area (Å²) in [6, 6.07) is 6.02. The van der Waals surface area contributed by atoms with E-state index in [4.69, 9.17) is 0 Å². The van der Waals surface area contributed by atoms with Crippen molar-refractivity contribution in [1.29, 1.82) is 0 Å². The molecular weight excluding hydrogens is 314 g/mol. The topological polar surface area (TPSA) is 85.1 Å². The number of amides is 1. The van der Waals surface area contributed by atoms with Crippen molar-refractivity contribution in [3.63, 3.8) is 0 Å². The van der Waals surface area contributed by atoms with Gasteiger partial charge in [0.05, 0.1) is 17.0 Å². The predicted molar refractivity (Wildman–Crippen MR) is 88.7 cm³/mol. The number of aryl methyl sites for hydroxylation is 1. The monoisotopic (exact) mass is 331 g/mol. The normalized spacial score (nSPS) is 16.7. The van der Waals surface area contributed by atoms with E-state index in [1.54, 1.807) is 23.5 Å². The van der Waals surface area contributed by atoms with Crippen molar-refractivity contribution in [2.24, 2.45) is 5.92 Å². The molecule has 1 amide bonds. The van der Waals surface area contributed by atoms with Gasteiger partial charge in [0.15, 0.2) is 5.13 Å². The van der Waals surface area contributed by atoms with Crippen LogP contribution in [0.5, 0.6) is 0 Å². The molecule has 1 unspecified atom stereocenters. The fourth-order valence-electron chi connectivity index (χ4n) is 2.68. The van der Waals surface area contributed by atoms with E-state index < -0.39 is 4.92 Å². The van der Waals surface area contributed by atoms with Crippen LogP contribution < -0.4 is 5.32 Å². The summed E-state index contributed by atoms with van der Waals surface area (Å²) in [5.41, 5.74) is 1.87. The molecule has 0 radical (unpaired) electrons. The number of aromatic nitrogens is 1. The van der Waals surface area contributed by atoms with Crippen LogP contribution >= 0.6 is 11.3 Å². The number of rotatable bonds is 4. The van der Waals surface area contributed by atoms with Gasteiger partial charge in [0.1, 0.15) is 0 Å². The molecule has 0 saturated carbocycles. The molecule has 1 atom stereocenters. The average Bonchev–Trinajstić information content (AvgIpc) is 2.88. The number of nitro benzene ring substituents is 1. The molecule has 1 aromatic carbocycles. The van der Waals surface area contributed by atoms with Crippen LogP contribution in [-0.2, 0) is 24.1 Å². The zero-order valence-corrected chi connectivity index (χ0v) is 13.6. The number of anilines is 1. The van der Waals surface area contributed by atoms with E-state index in [-0.39, 0.29) is 18.0 Å². The zero-order valence-electron chi connectivity index (χ0n) is 12.7. The Morgan fingerprint density at radius 3 is 2.87 bits per heavy atom. The lowest BCUT2D eigenvalue weighted by Crippen LogP contribution is -2.14. The molecule has 6 nitrogen and oxygen atoms in total. The van der Waals surface area contributed by atoms with Gasteiger partial charge in [-0.05, 0) is 30.7 Å². The number of carbonyl (C=O) groups excluding carboxylic acids is 1. The van der Waals surface area contributed by atoms with Crippen molar-refractivity contribution in [1.82, 2.24) is 4.98 Å². The van der Waals surface area contributed by atoms with E-state index >= 15 is 0 Å². The Hall–Kier alpha value is -2.28. The van der Waals surface area contributed by atoms with Crippen LogP contribution in [0.25, 0.3) is 0 Å². The van der Waals surface area contributed by atoms with Crippen LogP contribution in [0.1, 0.15) is 29.5 Å². The highest BCUT2D eigenvalue weighted by molar-refractivity contribution is 7.15. The summed E-state index contributed by atoms with van der Waals surface area (Å²) in [5.74, 6) is 0.518. The fourth-order valence-corrected chi connectivity index (χ4v) is 3.87. The molecule has 3 rings (SSSR count). The summed E-state index contributed by atoms with van der Waals surface area (Å²) >= 11 is 1.55. The lowest BCUT2D eigenvalue weighted by molar-refractivity contribution is -0.384. The SMILES string of the molecule is CC1CCc2nc(NC(=O)Cc3ccc([N+](=O)[O-])cc3)sc2C1. The maximum atomic E-state index is 12.1. The second-order valence-electron chi connectivity index (χ2n) is 5.89. The third-order valence-electron chi connectivity index (χ3n) is 3.94. The van der Waals surface area contributed by atoms with E-state index in [9.17, 15) is 14.9 Å². The van der Waals surface area contributed by atoms with Crippen molar-refractivity contribution in [3.8, 4) is 0 Å². The van der Waals surface area contributed by atoms with Gasteiger partial charge < -0.3 is 5.32 Å². The van der Waals surface area contributed by atoms with E-state index in [0.29, 0.717) is 11.0 Å². The number of hydrogen-bond donors (Lipinski definition) is 1. The molecule has 2 aromatic rings. The van der Waals surface area contributed by atoms with Gasteiger partial charge in [0, 0.05) is 17.0 Å². The molecule has 1 N–H and O–H groups in total. The number of carbonyl (C=O) groups is 1. The van der Waals surface area contributed by atoms with Gasteiger partial charge in [0.25, 0.3) is 5.69 Å². The van der Waals surface area contributed by atoms with Crippen molar-refractivity contribution >= 4 is 28.1 Å². The second-order valence-corrected chi connectivity index (χ2v) is 6.97. The summed E-state index contributed by atoms with van der Waals surface area (Å²) in [4.78, 5) is 28.0. The van der Waals surface area contributed by atoms with Crippen molar-refractivity contribution < 1.29 is 9.72 Å². The molecule has 0 saturated heterocycles. The third-order valence-corrected chi connectivity index (χ3v) is 4.98. The van der Waals surface area contributed by atoms with Gasteiger partial charge in [-0.3, -0.25) is 14.9 Å².